The molecular formula is C22H18O2Zr-6. The molecule has 0 bridgehead atoms. The van der Waals surface area contributed by atoms with Crippen molar-refractivity contribution in [3.63, 3.8) is 0 Å². The van der Waals surface area contributed by atoms with Gasteiger partial charge < -0.3 is 39.8 Å². The maximum atomic E-state index is 5.80. The van der Waals surface area contributed by atoms with Crippen LogP contribution in [0.5, 0.6) is 23.0 Å². The van der Waals surface area contributed by atoms with Gasteiger partial charge in [0.1, 0.15) is 5.75 Å². The Bertz CT molecular complexity index is 732. The van der Waals surface area contributed by atoms with E-state index in [1.807, 2.05) is 109 Å². The molecule has 3 heteroatoms. The van der Waals surface area contributed by atoms with Crippen molar-refractivity contribution in [3.05, 3.63) is 109 Å². The summed E-state index contributed by atoms with van der Waals surface area (Å²) < 4.78 is 11.6. The second-order valence-electron chi connectivity index (χ2n) is 5.05. The summed E-state index contributed by atoms with van der Waals surface area (Å²) in [5, 5.41) is 0. The van der Waals surface area contributed by atoms with Crippen molar-refractivity contribution >= 4 is 0 Å². The first-order chi connectivity index (χ1) is 11.9. The molecule has 0 aromatic heterocycles. The van der Waals surface area contributed by atoms with Crippen LogP contribution in [0.25, 0.3) is 0 Å². The predicted molar refractivity (Wildman–Crippen MR) is 97.1 cm³/mol. The van der Waals surface area contributed by atoms with Gasteiger partial charge in [-0.1, -0.05) is 48.5 Å². The summed E-state index contributed by atoms with van der Waals surface area (Å²) in [6.45, 7) is 0. The number of benzene rings is 2. The molecule has 0 fully saturated rings. The van der Waals surface area contributed by atoms with Crippen molar-refractivity contribution in [2.24, 2.45) is 0 Å². The molecule has 0 aliphatic carbocycles. The second-order valence-corrected chi connectivity index (χ2v) is 5.05. The van der Waals surface area contributed by atoms with Gasteiger partial charge in [0.2, 0.25) is 0 Å². The summed E-state index contributed by atoms with van der Waals surface area (Å²) in [6, 6.07) is 35.0. The third kappa shape index (κ3) is 6.21. The minimum atomic E-state index is 0. The third-order valence-corrected chi connectivity index (χ3v) is 3.24. The number of rotatable bonds is 4. The number of ether oxygens (including phenoxy) is 2. The van der Waals surface area contributed by atoms with Gasteiger partial charge in [-0.3, -0.25) is 0 Å². The maximum absolute atomic E-state index is 5.80. The van der Waals surface area contributed by atoms with E-state index in [1.54, 1.807) is 0 Å². The Morgan fingerprint density at radius 2 is 1.12 bits per heavy atom. The predicted octanol–water partition coefficient (Wildman–Crippen LogP) is 6.39. The monoisotopic (exact) mass is 404 g/mol. The van der Waals surface area contributed by atoms with Crippen molar-refractivity contribution in [2.45, 2.75) is 0 Å². The Morgan fingerprint density at radius 3 is 1.68 bits per heavy atom. The van der Waals surface area contributed by atoms with Crippen LogP contribution in [-0.4, -0.2) is 0 Å². The zero-order valence-corrected chi connectivity index (χ0v) is 16.2. The van der Waals surface area contributed by atoms with E-state index in [2.05, 4.69) is 0 Å². The van der Waals surface area contributed by atoms with Crippen LogP contribution in [0.15, 0.2) is 109 Å². The second kappa shape index (κ2) is 10.5. The molecule has 0 unspecified atom stereocenters. The van der Waals surface area contributed by atoms with Crippen molar-refractivity contribution in [2.75, 3.05) is 0 Å². The summed E-state index contributed by atoms with van der Waals surface area (Å²) >= 11 is 0. The molecule has 0 spiro atoms. The Morgan fingerprint density at radius 1 is 0.600 bits per heavy atom. The van der Waals surface area contributed by atoms with Crippen molar-refractivity contribution < 1.29 is 35.7 Å². The zero-order valence-electron chi connectivity index (χ0n) is 13.7. The quantitative estimate of drug-likeness (QED) is 0.366. The first-order valence-electron chi connectivity index (χ1n) is 7.80. The molecule has 0 aliphatic heterocycles. The SMILES string of the molecule is [Zr].[cH-]1[cH-][cH-][cH-][cH-]1.c1ccc(Oc2ccc[c-]2Oc2ccccc2)cc1. The van der Waals surface area contributed by atoms with Crippen LogP contribution in [0.4, 0.5) is 0 Å². The van der Waals surface area contributed by atoms with E-state index in [0.717, 1.165) is 23.0 Å². The number of hydrogen-bond acceptors (Lipinski definition) is 2. The van der Waals surface area contributed by atoms with E-state index in [4.69, 9.17) is 9.47 Å². The van der Waals surface area contributed by atoms with Crippen molar-refractivity contribution in [1.82, 2.24) is 0 Å². The van der Waals surface area contributed by atoms with Crippen LogP contribution in [0, 0.1) is 0 Å². The van der Waals surface area contributed by atoms with Gasteiger partial charge in [-0.05, 0) is 12.1 Å². The fraction of sp³-hybridized carbons (Fsp3) is 0. The summed E-state index contributed by atoms with van der Waals surface area (Å²) in [4.78, 5) is 0. The Kier molecular flexibility index (Phi) is 7.95. The molecule has 0 saturated carbocycles. The van der Waals surface area contributed by atoms with Gasteiger partial charge in [-0.25, -0.2) is 0 Å². The van der Waals surface area contributed by atoms with Gasteiger partial charge in [0.15, 0.2) is 0 Å². The topological polar surface area (TPSA) is 18.5 Å². The average molecular weight is 406 g/mol. The molecule has 0 heterocycles. The Balaban J connectivity index is 0.000000325. The minimum absolute atomic E-state index is 0. The molecule has 0 N–H and O–H groups in total. The number of para-hydroxylation sites is 2. The van der Waals surface area contributed by atoms with E-state index in [0.29, 0.717) is 0 Å². The third-order valence-electron chi connectivity index (χ3n) is 3.24. The molecule has 0 radical (unpaired) electrons. The van der Waals surface area contributed by atoms with Gasteiger partial charge >= 0.3 is 0 Å². The standard InChI is InChI=1S/C17H13O2.C5H5.Zr/c1-3-8-14(9-4-1)18-16-12-7-13-17(16)19-15-10-5-2-6-11-15;1-2-4-5-3-1;/h1-13H;1-5H;/q-1;-5;. The fourth-order valence-electron chi connectivity index (χ4n) is 2.11. The minimum Gasteiger partial charge on any atom is -0.748 e. The van der Waals surface area contributed by atoms with Gasteiger partial charge in [0, 0.05) is 32.0 Å². The zero-order chi connectivity index (χ0) is 16.5. The van der Waals surface area contributed by atoms with E-state index in [9.17, 15) is 0 Å². The molecule has 4 aromatic carbocycles. The maximum Gasteiger partial charge on any atom is 0.125 e. The molecule has 128 valence electrons. The molecule has 4 rings (SSSR count). The van der Waals surface area contributed by atoms with Gasteiger partial charge in [-0.15, -0.1) is 12.1 Å². The van der Waals surface area contributed by atoms with Gasteiger partial charge in [-0.2, -0.15) is 6.07 Å². The average Bonchev–Trinajstić information content (AvgIpc) is 3.33. The first-order valence-corrected chi connectivity index (χ1v) is 7.80. The van der Waals surface area contributed by atoms with Crippen LogP contribution in [0.2, 0.25) is 0 Å². The molecule has 0 saturated heterocycles. The molecular weight excluding hydrogens is 387 g/mol. The Hall–Kier alpha value is -2.38. The number of hydrogen-bond donors (Lipinski definition) is 0. The summed E-state index contributed by atoms with van der Waals surface area (Å²) in [5.74, 6) is 3.03. The summed E-state index contributed by atoms with van der Waals surface area (Å²) in [7, 11) is 0. The van der Waals surface area contributed by atoms with Crippen LogP contribution in [0.1, 0.15) is 0 Å². The fourth-order valence-corrected chi connectivity index (χ4v) is 2.11. The van der Waals surface area contributed by atoms with Crippen LogP contribution < -0.4 is 9.47 Å². The largest absolute Gasteiger partial charge is 0.748 e. The van der Waals surface area contributed by atoms with Gasteiger partial charge in [0.25, 0.3) is 0 Å². The normalized spacial score (nSPS) is 9.28. The molecule has 25 heavy (non-hydrogen) atoms. The van der Waals surface area contributed by atoms with Crippen molar-refractivity contribution in [3.8, 4) is 23.0 Å². The molecule has 2 nitrogen and oxygen atoms in total. The first kappa shape index (κ1) is 19.0. The molecule has 4 aromatic rings. The van der Waals surface area contributed by atoms with Crippen LogP contribution in [-0.2, 0) is 26.2 Å². The van der Waals surface area contributed by atoms with E-state index in [1.165, 1.54) is 0 Å². The van der Waals surface area contributed by atoms with Crippen molar-refractivity contribution in [1.29, 1.82) is 0 Å². The molecule has 0 aliphatic rings. The van der Waals surface area contributed by atoms with Gasteiger partial charge in [0.05, 0.1) is 11.5 Å². The smallest absolute Gasteiger partial charge is 0.125 e. The summed E-state index contributed by atoms with van der Waals surface area (Å²) in [6.07, 6.45) is 0. The summed E-state index contributed by atoms with van der Waals surface area (Å²) in [5.41, 5.74) is 0. The van der Waals surface area contributed by atoms with E-state index in [-0.39, 0.29) is 26.2 Å². The molecule has 0 amide bonds. The van der Waals surface area contributed by atoms with Crippen LogP contribution in [0.3, 0.4) is 0 Å². The van der Waals surface area contributed by atoms with E-state index < -0.39 is 0 Å². The molecule has 0 atom stereocenters. The Labute approximate surface area is 167 Å². The van der Waals surface area contributed by atoms with E-state index >= 15 is 0 Å². The van der Waals surface area contributed by atoms with Crippen LogP contribution >= 0.6 is 0 Å².